The Morgan fingerprint density at radius 3 is 2.50 bits per heavy atom. The zero-order valence-corrected chi connectivity index (χ0v) is 22.3. The number of halogens is 1. The van der Waals surface area contributed by atoms with Gasteiger partial charge in [0.2, 0.25) is 0 Å². The third-order valence-corrected chi connectivity index (χ3v) is 8.87. The first-order valence-electron chi connectivity index (χ1n) is 12.4. The Morgan fingerprint density at radius 2 is 1.79 bits per heavy atom. The van der Waals surface area contributed by atoms with Gasteiger partial charge in [-0.05, 0) is 56.8 Å². The number of benzene rings is 2. The normalized spacial score (nSPS) is 17.1. The molecule has 10 heteroatoms. The van der Waals surface area contributed by atoms with Crippen molar-refractivity contribution in [1.82, 2.24) is 14.8 Å². The number of piperazine rings is 1. The maximum Gasteiger partial charge on any atom is 0.256 e. The summed E-state index contributed by atoms with van der Waals surface area (Å²) in [5, 5.41) is 2.77. The van der Waals surface area contributed by atoms with E-state index in [1.807, 2.05) is 25.8 Å². The highest BCUT2D eigenvalue weighted by Gasteiger charge is 2.29. The Labute approximate surface area is 221 Å². The van der Waals surface area contributed by atoms with E-state index in [0.717, 1.165) is 18.7 Å². The Hall–Kier alpha value is -3.76. The van der Waals surface area contributed by atoms with Gasteiger partial charge < -0.3 is 20.1 Å². The number of carbonyl (C=O) groups is 2. The monoisotopic (exact) mass is 536 g/mol. The molecule has 1 aromatic heterocycles. The number of aromatic amines is 1. The van der Waals surface area contributed by atoms with Crippen molar-refractivity contribution < 1.29 is 22.4 Å². The molecule has 198 valence electrons. The summed E-state index contributed by atoms with van der Waals surface area (Å²) in [4.78, 5) is 33.4. The van der Waals surface area contributed by atoms with Gasteiger partial charge in [0.1, 0.15) is 5.82 Å². The Kier molecular flexibility index (Phi) is 6.70. The summed E-state index contributed by atoms with van der Waals surface area (Å²) >= 11 is 0. The lowest BCUT2D eigenvalue weighted by Crippen LogP contribution is -2.47. The first-order chi connectivity index (χ1) is 18.0. The number of aromatic nitrogens is 1. The molecule has 0 radical (unpaired) electrons. The van der Waals surface area contributed by atoms with Gasteiger partial charge in [0.25, 0.3) is 11.8 Å². The first kappa shape index (κ1) is 25.9. The van der Waals surface area contributed by atoms with Crippen molar-refractivity contribution in [1.29, 1.82) is 0 Å². The molecule has 3 heterocycles. The van der Waals surface area contributed by atoms with Crippen LogP contribution in [-0.4, -0.2) is 68.2 Å². The molecule has 2 amide bonds. The molecule has 0 bridgehead atoms. The predicted octanol–water partition coefficient (Wildman–Crippen LogP) is 3.62. The Bertz CT molecular complexity index is 1580. The number of hydrogen-bond donors (Lipinski definition) is 2. The maximum absolute atomic E-state index is 14.1. The number of amides is 2. The minimum atomic E-state index is -3.88. The number of hydrogen-bond acceptors (Lipinski definition) is 5. The van der Waals surface area contributed by atoms with E-state index in [1.54, 1.807) is 12.1 Å². The average molecular weight is 537 g/mol. The molecule has 1 fully saturated rings. The number of nitrogens with one attached hydrogen (secondary N) is 2. The van der Waals surface area contributed by atoms with Gasteiger partial charge in [0.15, 0.2) is 9.84 Å². The van der Waals surface area contributed by atoms with Crippen molar-refractivity contribution in [3.63, 3.8) is 0 Å². The van der Waals surface area contributed by atoms with E-state index < -0.39 is 21.4 Å². The minimum absolute atomic E-state index is 0.00720. The Balaban J connectivity index is 1.48. The summed E-state index contributed by atoms with van der Waals surface area (Å²) in [6, 6.07) is 10.1. The van der Waals surface area contributed by atoms with Crippen molar-refractivity contribution in [3.8, 4) is 0 Å². The number of anilines is 1. The van der Waals surface area contributed by atoms with Gasteiger partial charge in [0.05, 0.1) is 21.8 Å². The largest absolute Gasteiger partial charge is 0.358 e. The van der Waals surface area contributed by atoms with E-state index in [0.29, 0.717) is 41.3 Å². The van der Waals surface area contributed by atoms with Crippen LogP contribution in [0.1, 0.15) is 38.4 Å². The van der Waals surface area contributed by atoms with Crippen LogP contribution in [0.2, 0.25) is 0 Å². The summed E-state index contributed by atoms with van der Waals surface area (Å²) in [6.07, 6.45) is 1.65. The molecule has 0 saturated carbocycles. The van der Waals surface area contributed by atoms with Crippen LogP contribution in [0, 0.1) is 19.7 Å². The molecule has 2 aliphatic rings. The lowest BCUT2D eigenvalue weighted by Gasteiger charge is -2.32. The second kappa shape index (κ2) is 9.85. The number of rotatable bonds is 5. The van der Waals surface area contributed by atoms with E-state index in [1.165, 1.54) is 36.4 Å². The highest BCUT2D eigenvalue weighted by atomic mass is 32.2. The molecule has 3 aromatic rings. The number of carbonyl (C=O) groups excluding carboxylic acids is 2. The van der Waals surface area contributed by atoms with Gasteiger partial charge in [0, 0.05) is 54.4 Å². The summed E-state index contributed by atoms with van der Waals surface area (Å²) in [6.45, 7) is 6.58. The molecular weight excluding hydrogens is 507 g/mol. The van der Waals surface area contributed by atoms with E-state index in [-0.39, 0.29) is 27.8 Å². The van der Waals surface area contributed by atoms with E-state index in [9.17, 15) is 22.4 Å². The predicted molar refractivity (Wildman–Crippen MR) is 144 cm³/mol. The SMILES string of the molecule is Cc1[nH]c(C=C2C(=O)Nc3ccc(S(=O)(=O)Cc4ccccc4F)cc32)c(C)c1C(=O)N1CCN(C)CC1. The standard InChI is InChI=1S/C28H29FN4O4S/c1-17-25(30-18(2)26(17)28(35)33-12-10-32(3)11-13-33)15-22-21-14-20(8-9-24(21)31-27(22)34)38(36,37)16-19-6-4-5-7-23(19)29/h4-9,14-15,30H,10-13,16H2,1-3H3,(H,31,34). The Morgan fingerprint density at radius 1 is 1.08 bits per heavy atom. The first-order valence-corrected chi connectivity index (χ1v) is 14.0. The third-order valence-electron chi connectivity index (χ3n) is 7.21. The van der Waals surface area contributed by atoms with Crippen LogP contribution in [0.25, 0.3) is 11.6 Å². The molecule has 2 aliphatic heterocycles. The molecule has 0 aliphatic carbocycles. The van der Waals surface area contributed by atoms with Crippen LogP contribution in [0.15, 0.2) is 47.4 Å². The summed E-state index contributed by atoms with van der Waals surface area (Å²) in [5.74, 6) is -1.51. The molecule has 5 rings (SSSR count). The molecule has 1 saturated heterocycles. The molecule has 2 N–H and O–H groups in total. The summed E-state index contributed by atoms with van der Waals surface area (Å²) < 4.78 is 40.3. The highest BCUT2D eigenvalue weighted by molar-refractivity contribution is 7.90. The van der Waals surface area contributed by atoms with Crippen LogP contribution < -0.4 is 5.32 Å². The zero-order valence-electron chi connectivity index (χ0n) is 21.5. The topological polar surface area (TPSA) is 103 Å². The summed E-state index contributed by atoms with van der Waals surface area (Å²) in [5.41, 5.74) is 3.91. The lowest BCUT2D eigenvalue weighted by molar-refractivity contribution is -0.110. The van der Waals surface area contributed by atoms with Crippen LogP contribution >= 0.6 is 0 Å². The fourth-order valence-electron chi connectivity index (χ4n) is 4.96. The number of H-pyrrole nitrogens is 1. The molecule has 0 spiro atoms. The van der Waals surface area contributed by atoms with Gasteiger partial charge in [-0.1, -0.05) is 18.2 Å². The average Bonchev–Trinajstić information content (AvgIpc) is 3.34. The van der Waals surface area contributed by atoms with Crippen molar-refractivity contribution >= 4 is 39.0 Å². The van der Waals surface area contributed by atoms with Crippen LogP contribution in [0.5, 0.6) is 0 Å². The van der Waals surface area contributed by atoms with Crippen molar-refractivity contribution in [2.75, 3.05) is 38.5 Å². The van der Waals surface area contributed by atoms with E-state index in [4.69, 9.17) is 0 Å². The fraction of sp³-hybridized carbons (Fsp3) is 0.286. The highest BCUT2D eigenvalue weighted by Crippen LogP contribution is 2.36. The molecule has 38 heavy (non-hydrogen) atoms. The van der Waals surface area contributed by atoms with Crippen molar-refractivity contribution in [2.24, 2.45) is 0 Å². The fourth-order valence-corrected chi connectivity index (χ4v) is 6.34. The van der Waals surface area contributed by atoms with Crippen molar-refractivity contribution in [3.05, 3.63) is 81.9 Å². The molecule has 0 atom stereocenters. The number of sulfone groups is 1. The molecule has 2 aromatic carbocycles. The summed E-state index contributed by atoms with van der Waals surface area (Å²) in [7, 11) is -1.85. The molecular formula is C28H29FN4O4S. The lowest BCUT2D eigenvalue weighted by atomic mass is 10.0. The maximum atomic E-state index is 14.1. The van der Waals surface area contributed by atoms with Gasteiger partial charge in [-0.3, -0.25) is 9.59 Å². The second-order valence-electron chi connectivity index (χ2n) is 9.83. The van der Waals surface area contributed by atoms with Gasteiger partial charge in [-0.15, -0.1) is 0 Å². The van der Waals surface area contributed by atoms with E-state index in [2.05, 4.69) is 15.2 Å². The number of aryl methyl sites for hydroxylation is 1. The van der Waals surface area contributed by atoms with Gasteiger partial charge >= 0.3 is 0 Å². The number of likely N-dealkylation sites (N-methyl/N-ethyl adjacent to an activating group) is 1. The number of fused-ring (bicyclic) bond motifs is 1. The number of nitrogens with zero attached hydrogens (tertiary/aromatic N) is 2. The zero-order chi connectivity index (χ0) is 27.2. The van der Waals surface area contributed by atoms with Crippen LogP contribution in [-0.2, 0) is 20.4 Å². The molecule has 8 nitrogen and oxygen atoms in total. The smallest absolute Gasteiger partial charge is 0.256 e. The molecule has 0 unspecified atom stereocenters. The van der Waals surface area contributed by atoms with Gasteiger partial charge in [-0.25, -0.2) is 12.8 Å². The van der Waals surface area contributed by atoms with Crippen molar-refractivity contribution in [2.45, 2.75) is 24.5 Å². The van der Waals surface area contributed by atoms with Gasteiger partial charge in [-0.2, -0.15) is 0 Å². The third kappa shape index (κ3) is 4.77. The minimum Gasteiger partial charge on any atom is -0.358 e. The second-order valence-corrected chi connectivity index (χ2v) is 11.8. The van der Waals surface area contributed by atoms with Crippen LogP contribution in [0.3, 0.4) is 0 Å². The van der Waals surface area contributed by atoms with Crippen LogP contribution in [0.4, 0.5) is 10.1 Å². The quantitative estimate of drug-likeness (QED) is 0.485. The van der Waals surface area contributed by atoms with E-state index >= 15 is 0 Å².